The highest BCUT2D eigenvalue weighted by Crippen LogP contribution is 2.34. The van der Waals surface area contributed by atoms with Crippen molar-refractivity contribution in [3.63, 3.8) is 0 Å². The Morgan fingerprint density at radius 3 is 2.55 bits per heavy atom. The van der Waals surface area contributed by atoms with Crippen LogP contribution in [0.25, 0.3) is 21.9 Å². The Bertz CT molecular complexity index is 1880. The lowest BCUT2D eigenvalue weighted by Gasteiger charge is -2.34. The molecule has 0 aliphatic carbocycles. The fraction of sp³-hybridized carbons (Fsp3) is 0.452. The van der Waals surface area contributed by atoms with Crippen LogP contribution in [0.5, 0.6) is 0 Å². The summed E-state index contributed by atoms with van der Waals surface area (Å²) in [7, 11) is 1.62. The Balaban J connectivity index is 1.62. The maximum Gasteiger partial charge on any atom is 0.331 e. The molecule has 4 aromatic rings. The number of nitrogens with zero attached hydrogens (tertiary/aromatic N) is 7. The van der Waals surface area contributed by atoms with Gasteiger partial charge in [0, 0.05) is 50.3 Å². The molecule has 5 heterocycles. The molecule has 3 aromatic heterocycles. The van der Waals surface area contributed by atoms with E-state index in [1.54, 1.807) is 14.0 Å². The van der Waals surface area contributed by atoms with Gasteiger partial charge >= 0.3 is 5.69 Å². The van der Waals surface area contributed by atoms with Crippen molar-refractivity contribution >= 4 is 33.7 Å². The number of amides is 1. The average Bonchev–Trinajstić information content (AvgIpc) is 3.64. The second-order valence-corrected chi connectivity index (χ2v) is 11.2. The lowest BCUT2D eigenvalue weighted by atomic mass is 10.1. The standard InChI is InChI=1S/C31H36N8O3/c1-4-5-17-38-27-26(25(29(40)36-14-8-9-15-36)28(38)37-16-10-11-21(32)18-37)35(3)31(42)39(30(27)41)19-24-33-20(2)22-12-6-7-13-23(22)34-24/h6-7,12-13,21H,8-11,14-19,32H2,1-3H3/t21-/m1/s1. The summed E-state index contributed by atoms with van der Waals surface area (Å²) >= 11 is 0. The topological polar surface area (TPSA) is 124 Å². The summed E-state index contributed by atoms with van der Waals surface area (Å²) in [5.41, 5.74) is 7.86. The van der Waals surface area contributed by atoms with Gasteiger partial charge in [-0.05, 0) is 45.6 Å². The number of hydrogen-bond acceptors (Lipinski definition) is 7. The second-order valence-electron chi connectivity index (χ2n) is 11.2. The van der Waals surface area contributed by atoms with Crippen molar-refractivity contribution in [3.8, 4) is 11.8 Å². The van der Waals surface area contributed by atoms with Crippen molar-refractivity contribution in [1.82, 2.24) is 28.6 Å². The van der Waals surface area contributed by atoms with Gasteiger partial charge in [0.15, 0.2) is 0 Å². The van der Waals surface area contributed by atoms with Crippen LogP contribution in [0.15, 0.2) is 33.9 Å². The number of aromatic nitrogens is 5. The molecule has 42 heavy (non-hydrogen) atoms. The molecule has 2 aliphatic heterocycles. The highest BCUT2D eigenvalue weighted by molar-refractivity contribution is 6.11. The summed E-state index contributed by atoms with van der Waals surface area (Å²) < 4.78 is 4.41. The van der Waals surface area contributed by atoms with E-state index in [-0.39, 0.29) is 30.6 Å². The largest absolute Gasteiger partial charge is 0.356 e. The number of benzene rings is 1. The Labute approximate surface area is 243 Å². The minimum Gasteiger partial charge on any atom is -0.356 e. The van der Waals surface area contributed by atoms with Crippen LogP contribution < -0.4 is 21.9 Å². The maximum absolute atomic E-state index is 14.4. The van der Waals surface area contributed by atoms with E-state index in [2.05, 4.69) is 26.7 Å². The molecule has 0 radical (unpaired) electrons. The Morgan fingerprint density at radius 2 is 1.81 bits per heavy atom. The predicted octanol–water partition coefficient (Wildman–Crippen LogP) is 1.99. The molecule has 11 nitrogen and oxygen atoms in total. The summed E-state index contributed by atoms with van der Waals surface area (Å²) in [6, 6.07) is 7.59. The summed E-state index contributed by atoms with van der Waals surface area (Å²) in [6.07, 6.45) is 3.59. The number of carbonyl (C=O) groups is 1. The van der Waals surface area contributed by atoms with Gasteiger partial charge in [0.05, 0.1) is 24.1 Å². The third-order valence-electron chi connectivity index (χ3n) is 8.43. The molecule has 2 N–H and O–H groups in total. The highest BCUT2D eigenvalue weighted by Gasteiger charge is 2.35. The number of hydrogen-bond donors (Lipinski definition) is 1. The number of piperidine rings is 1. The number of aryl methyl sites for hydroxylation is 2. The lowest BCUT2D eigenvalue weighted by Crippen LogP contribution is -2.44. The number of carbonyl (C=O) groups excluding carboxylic acids is 1. The predicted molar refractivity (Wildman–Crippen MR) is 163 cm³/mol. The normalized spacial score (nSPS) is 17.2. The average molecular weight is 569 g/mol. The van der Waals surface area contributed by atoms with Gasteiger partial charge in [-0.3, -0.25) is 18.7 Å². The van der Waals surface area contributed by atoms with Crippen LogP contribution in [-0.2, 0) is 20.1 Å². The molecule has 2 aliphatic rings. The van der Waals surface area contributed by atoms with Crippen molar-refractivity contribution in [1.29, 1.82) is 0 Å². The molecule has 0 bridgehead atoms. The zero-order valence-electron chi connectivity index (χ0n) is 24.4. The number of anilines is 1. The van der Waals surface area contributed by atoms with E-state index < -0.39 is 11.2 Å². The first-order chi connectivity index (χ1) is 20.3. The molecule has 1 aromatic carbocycles. The Kier molecular flexibility index (Phi) is 7.33. The van der Waals surface area contributed by atoms with Crippen LogP contribution in [0.3, 0.4) is 0 Å². The monoisotopic (exact) mass is 568 g/mol. The van der Waals surface area contributed by atoms with Gasteiger partial charge < -0.3 is 20.1 Å². The SMILES string of the molecule is CC#CCn1c(N2CCC[C@@H](N)C2)c(C(=O)N2CCCC2)c2c1c(=O)n(Cc1nc(C)c3ccccc3n1)c(=O)n2C. The Morgan fingerprint density at radius 1 is 1.05 bits per heavy atom. The molecule has 0 saturated carbocycles. The highest BCUT2D eigenvalue weighted by atomic mass is 16.2. The fourth-order valence-electron chi connectivity index (χ4n) is 6.39. The summed E-state index contributed by atoms with van der Waals surface area (Å²) in [5.74, 6) is 6.84. The van der Waals surface area contributed by atoms with E-state index in [1.165, 1.54) is 4.57 Å². The molecule has 0 unspecified atom stereocenters. The van der Waals surface area contributed by atoms with Crippen molar-refractivity contribution in [2.24, 2.45) is 12.8 Å². The molecule has 11 heteroatoms. The zero-order chi connectivity index (χ0) is 29.5. The first-order valence-electron chi connectivity index (χ1n) is 14.6. The first kappa shape index (κ1) is 27.7. The minimum atomic E-state index is -0.530. The third-order valence-corrected chi connectivity index (χ3v) is 8.43. The van der Waals surface area contributed by atoms with E-state index in [9.17, 15) is 14.4 Å². The minimum absolute atomic E-state index is 0.0639. The molecule has 2 saturated heterocycles. The van der Waals surface area contributed by atoms with Crippen LogP contribution in [0.4, 0.5) is 5.82 Å². The second kappa shape index (κ2) is 11.1. The van der Waals surface area contributed by atoms with E-state index in [1.807, 2.05) is 40.7 Å². The lowest BCUT2D eigenvalue weighted by molar-refractivity contribution is 0.0794. The van der Waals surface area contributed by atoms with Crippen LogP contribution >= 0.6 is 0 Å². The van der Waals surface area contributed by atoms with Crippen LogP contribution in [0.1, 0.15) is 54.5 Å². The summed E-state index contributed by atoms with van der Waals surface area (Å²) in [5, 5.41) is 0.915. The van der Waals surface area contributed by atoms with Crippen molar-refractivity contribution < 1.29 is 4.79 Å². The molecule has 1 amide bonds. The van der Waals surface area contributed by atoms with Gasteiger partial charge in [-0.1, -0.05) is 24.1 Å². The number of likely N-dealkylation sites (tertiary alicyclic amines) is 1. The number of rotatable bonds is 5. The van der Waals surface area contributed by atoms with Crippen LogP contribution in [-0.4, -0.2) is 66.7 Å². The summed E-state index contributed by atoms with van der Waals surface area (Å²) in [6.45, 7) is 6.24. The van der Waals surface area contributed by atoms with Crippen LogP contribution in [0.2, 0.25) is 0 Å². The van der Waals surface area contributed by atoms with E-state index in [4.69, 9.17) is 5.73 Å². The zero-order valence-corrected chi connectivity index (χ0v) is 24.4. The quantitative estimate of drug-likeness (QED) is 0.365. The molecule has 1 atom stereocenters. The van der Waals surface area contributed by atoms with Crippen molar-refractivity contribution in [2.45, 2.75) is 58.7 Å². The van der Waals surface area contributed by atoms with E-state index in [0.717, 1.165) is 46.8 Å². The molecular formula is C31H36N8O3. The van der Waals surface area contributed by atoms with Crippen LogP contribution in [0, 0.1) is 18.8 Å². The smallest absolute Gasteiger partial charge is 0.331 e. The number of fused-ring (bicyclic) bond motifs is 2. The maximum atomic E-state index is 14.4. The van der Waals surface area contributed by atoms with Gasteiger partial charge in [0.25, 0.3) is 11.5 Å². The molecule has 0 spiro atoms. The Hall–Kier alpha value is -4.43. The number of para-hydroxylation sites is 1. The first-order valence-corrected chi connectivity index (χ1v) is 14.6. The van der Waals surface area contributed by atoms with Crippen molar-refractivity contribution in [3.05, 3.63) is 62.2 Å². The third kappa shape index (κ3) is 4.65. The van der Waals surface area contributed by atoms with Gasteiger partial charge in [-0.15, -0.1) is 5.92 Å². The van der Waals surface area contributed by atoms with E-state index in [0.29, 0.717) is 48.9 Å². The summed E-state index contributed by atoms with van der Waals surface area (Å²) in [4.78, 5) is 55.6. The molecule has 2 fully saturated rings. The van der Waals surface area contributed by atoms with Gasteiger partial charge in [0.2, 0.25) is 0 Å². The molecule has 218 valence electrons. The van der Waals surface area contributed by atoms with Gasteiger partial charge in [0.1, 0.15) is 22.7 Å². The fourth-order valence-corrected chi connectivity index (χ4v) is 6.39. The molecule has 6 rings (SSSR count). The van der Waals surface area contributed by atoms with E-state index >= 15 is 0 Å². The number of nitrogens with two attached hydrogens (primary N) is 1. The van der Waals surface area contributed by atoms with Gasteiger partial charge in [-0.2, -0.15) is 0 Å². The van der Waals surface area contributed by atoms with Crippen molar-refractivity contribution in [2.75, 3.05) is 31.1 Å². The molecular weight excluding hydrogens is 532 g/mol. The van der Waals surface area contributed by atoms with Gasteiger partial charge in [-0.25, -0.2) is 14.8 Å².